The molecule has 6 nitrogen and oxygen atoms in total. The fraction of sp³-hybridized carbons (Fsp3) is 0.120. The number of carbonyl (C=O) groups excluding carboxylic acids is 1. The molecule has 162 valence electrons. The summed E-state index contributed by atoms with van der Waals surface area (Å²) in [6.45, 7) is 0.968. The average Bonchev–Trinajstić information content (AvgIpc) is 3.33. The molecule has 0 atom stereocenters. The van der Waals surface area contributed by atoms with Crippen LogP contribution >= 0.6 is 15.9 Å². The van der Waals surface area contributed by atoms with Crippen LogP contribution in [-0.4, -0.2) is 22.8 Å². The van der Waals surface area contributed by atoms with Crippen LogP contribution < -0.4 is 14.8 Å². The van der Waals surface area contributed by atoms with Crippen LogP contribution in [-0.2, 0) is 13.2 Å². The number of benzene rings is 3. The van der Waals surface area contributed by atoms with Gasteiger partial charge in [-0.15, -0.1) is 0 Å². The van der Waals surface area contributed by atoms with Gasteiger partial charge in [-0.25, -0.2) is 0 Å². The SMILES string of the molecule is COc1ccc(C(=O)Nc2ccc(Cn3cccn3)cc2)cc1COc1ccc(Br)cc1. The van der Waals surface area contributed by atoms with Crippen LogP contribution in [0.5, 0.6) is 11.5 Å². The molecule has 0 saturated carbocycles. The van der Waals surface area contributed by atoms with Crippen molar-refractivity contribution in [3.05, 3.63) is 106 Å². The van der Waals surface area contributed by atoms with Crippen LogP contribution in [0.25, 0.3) is 0 Å². The van der Waals surface area contributed by atoms with Gasteiger partial charge in [-0.2, -0.15) is 5.10 Å². The van der Waals surface area contributed by atoms with Gasteiger partial charge in [0, 0.05) is 33.7 Å². The third-order valence-corrected chi connectivity index (χ3v) is 5.39. The maximum atomic E-state index is 12.8. The van der Waals surface area contributed by atoms with Crippen molar-refractivity contribution in [2.75, 3.05) is 12.4 Å². The molecule has 3 aromatic carbocycles. The van der Waals surface area contributed by atoms with E-state index in [1.54, 1.807) is 31.5 Å². The molecule has 1 heterocycles. The Labute approximate surface area is 194 Å². The number of methoxy groups -OCH3 is 1. The molecule has 1 N–H and O–H groups in total. The van der Waals surface area contributed by atoms with Crippen molar-refractivity contribution >= 4 is 27.5 Å². The van der Waals surface area contributed by atoms with Crippen molar-refractivity contribution in [3.63, 3.8) is 0 Å². The van der Waals surface area contributed by atoms with E-state index in [2.05, 4.69) is 26.3 Å². The summed E-state index contributed by atoms with van der Waals surface area (Å²) >= 11 is 3.41. The first-order chi connectivity index (χ1) is 15.6. The highest BCUT2D eigenvalue weighted by atomic mass is 79.9. The number of nitrogens with one attached hydrogen (secondary N) is 1. The lowest BCUT2D eigenvalue weighted by Crippen LogP contribution is -2.13. The van der Waals surface area contributed by atoms with Crippen molar-refractivity contribution in [2.45, 2.75) is 13.2 Å². The third-order valence-electron chi connectivity index (χ3n) is 4.87. The van der Waals surface area contributed by atoms with Crippen LogP contribution in [0.4, 0.5) is 5.69 Å². The van der Waals surface area contributed by atoms with Gasteiger partial charge in [0.25, 0.3) is 5.91 Å². The van der Waals surface area contributed by atoms with Gasteiger partial charge in [0.05, 0.1) is 13.7 Å². The highest BCUT2D eigenvalue weighted by Gasteiger charge is 2.12. The van der Waals surface area contributed by atoms with E-state index in [9.17, 15) is 4.79 Å². The van der Waals surface area contributed by atoms with Crippen molar-refractivity contribution in [1.29, 1.82) is 0 Å². The Morgan fingerprint density at radius 3 is 2.53 bits per heavy atom. The van der Waals surface area contributed by atoms with Gasteiger partial charge >= 0.3 is 0 Å². The first-order valence-corrected chi connectivity index (χ1v) is 10.8. The average molecular weight is 492 g/mol. The van der Waals surface area contributed by atoms with Gasteiger partial charge < -0.3 is 14.8 Å². The molecule has 0 spiro atoms. The molecular weight excluding hydrogens is 470 g/mol. The monoisotopic (exact) mass is 491 g/mol. The predicted octanol–water partition coefficient (Wildman–Crippen LogP) is 5.53. The molecule has 0 aliphatic rings. The highest BCUT2D eigenvalue weighted by molar-refractivity contribution is 9.10. The van der Waals surface area contributed by atoms with E-state index in [1.807, 2.05) is 65.5 Å². The molecule has 1 amide bonds. The molecule has 0 unspecified atom stereocenters. The lowest BCUT2D eigenvalue weighted by Gasteiger charge is -2.13. The Kier molecular flexibility index (Phi) is 6.87. The van der Waals surface area contributed by atoms with Crippen molar-refractivity contribution < 1.29 is 14.3 Å². The van der Waals surface area contributed by atoms with Gasteiger partial charge in [-0.1, -0.05) is 28.1 Å². The predicted molar refractivity (Wildman–Crippen MR) is 127 cm³/mol. The zero-order valence-corrected chi connectivity index (χ0v) is 19.1. The normalized spacial score (nSPS) is 10.6. The number of hydrogen-bond acceptors (Lipinski definition) is 4. The van der Waals surface area contributed by atoms with Gasteiger partial charge in [-0.3, -0.25) is 9.48 Å². The van der Waals surface area contributed by atoms with E-state index in [1.165, 1.54) is 0 Å². The maximum Gasteiger partial charge on any atom is 0.255 e. The first-order valence-electron chi connectivity index (χ1n) is 10.0. The summed E-state index contributed by atoms with van der Waals surface area (Å²) in [7, 11) is 1.60. The largest absolute Gasteiger partial charge is 0.496 e. The summed E-state index contributed by atoms with van der Waals surface area (Å²) in [5.74, 6) is 1.21. The van der Waals surface area contributed by atoms with E-state index in [0.29, 0.717) is 17.9 Å². The van der Waals surface area contributed by atoms with Crippen LogP contribution in [0, 0.1) is 0 Å². The van der Waals surface area contributed by atoms with Crippen molar-refractivity contribution in [3.8, 4) is 11.5 Å². The van der Waals surface area contributed by atoms with Crippen LogP contribution in [0.3, 0.4) is 0 Å². The van der Waals surface area contributed by atoms with Gasteiger partial charge in [0.1, 0.15) is 18.1 Å². The van der Waals surface area contributed by atoms with E-state index in [0.717, 1.165) is 27.0 Å². The summed E-state index contributed by atoms with van der Waals surface area (Å²) in [5, 5.41) is 7.15. The van der Waals surface area contributed by atoms with Gasteiger partial charge in [0.2, 0.25) is 0 Å². The van der Waals surface area contributed by atoms with E-state index < -0.39 is 0 Å². The zero-order valence-electron chi connectivity index (χ0n) is 17.5. The van der Waals surface area contributed by atoms with E-state index in [-0.39, 0.29) is 12.5 Å². The molecule has 4 aromatic rings. The molecule has 0 bridgehead atoms. The second-order valence-corrected chi connectivity index (χ2v) is 8.04. The minimum Gasteiger partial charge on any atom is -0.496 e. The van der Waals surface area contributed by atoms with Crippen LogP contribution in [0.2, 0.25) is 0 Å². The van der Waals surface area contributed by atoms with Crippen molar-refractivity contribution in [2.24, 2.45) is 0 Å². The number of nitrogens with zero attached hydrogens (tertiary/aromatic N) is 2. The third kappa shape index (κ3) is 5.56. The number of amides is 1. The Bertz CT molecular complexity index is 1170. The van der Waals surface area contributed by atoms with Gasteiger partial charge in [-0.05, 0) is 66.2 Å². The minimum absolute atomic E-state index is 0.197. The number of carbonyl (C=O) groups is 1. The Morgan fingerprint density at radius 2 is 1.84 bits per heavy atom. The molecule has 0 fully saturated rings. The van der Waals surface area contributed by atoms with Crippen molar-refractivity contribution in [1.82, 2.24) is 9.78 Å². The van der Waals surface area contributed by atoms with E-state index >= 15 is 0 Å². The molecule has 0 aliphatic heterocycles. The van der Waals surface area contributed by atoms with Gasteiger partial charge in [0.15, 0.2) is 0 Å². The second-order valence-electron chi connectivity index (χ2n) is 7.12. The van der Waals surface area contributed by atoms with E-state index in [4.69, 9.17) is 9.47 Å². The molecule has 0 radical (unpaired) electrons. The fourth-order valence-electron chi connectivity index (χ4n) is 3.20. The number of halogens is 1. The summed E-state index contributed by atoms with van der Waals surface area (Å²) in [5.41, 5.74) is 3.14. The topological polar surface area (TPSA) is 65.4 Å². The summed E-state index contributed by atoms with van der Waals surface area (Å²) in [6, 6.07) is 22.5. The number of aromatic nitrogens is 2. The molecular formula is C25H22BrN3O3. The Balaban J connectivity index is 1.42. The first kappa shape index (κ1) is 21.6. The van der Waals surface area contributed by atoms with Crippen LogP contribution in [0.15, 0.2) is 89.7 Å². The zero-order chi connectivity index (χ0) is 22.3. The molecule has 0 saturated heterocycles. The molecule has 7 heteroatoms. The number of hydrogen-bond donors (Lipinski definition) is 1. The quantitative estimate of drug-likeness (QED) is 0.351. The maximum absolute atomic E-state index is 12.8. The Morgan fingerprint density at radius 1 is 1.06 bits per heavy atom. The summed E-state index contributed by atoms with van der Waals surface area (Å²) in [4.78, 5) is 12.8. The highest BCUT2D eigenvalue weighted by Crippen LogP contribution is 2.24. The molecule has 1 aromatic heterocycles. The smallest absolute Gasteiger partial charge is 0.255 e. The Hall–Kier alpha value is -3.58. The molecule has 4 rings (SSSR count). The number of ether oxygens (including phenoxy) is 2. The lowest BCUT2D eigenvalue weighted by atomic mass is 10.1. The number of anilines is 1. The summed E-state index contributed by atoms with van der Waals surface area (Å²) < 4.78 is 14.1. The second kappa shape index (κ2) is 10.2. The van der Waals surface area contributed by atoms with Crippen LogP contribution in [0.1, 0.15) is 21.5 Å². The lowest BCUT2D eigenvalue weighted by molar-refractivity contribution is 0.102. The number of rotatable bonds is 8. The molecule has 32 heavy (non-hydrogen) atoms. The fourth-order valence-corrected chi connectivity index (χ4v) is 3.47. The summed E-state index contributed by atoms with van der Waals surface area (Å²) in [6.07, 6.45) is 3.67. The minimum atomic E-state index is -0.197. The molecule has 0 aliphatic carbocycles. The standard InChI is InChI=1S/C25H22BrN3O3/c1-31-24-12-5-19(15-20(24)17-32-23-10-6-21(26)7-11-23)25(30)28-22-8-3-18(4-9-22)16-29-14-2-13-27-29/h2-15H,16-17H2,1H3,(H,28,30).